The molecule has 0 aromatic carbocycles. The van der Waals surface area contributed by atoms with E-state index in [2.05, 4.69) is 13.8 Å². The summed E-state index contributed by atoms with van der Waals surface area (Å²) in [7, 11) is 0. The van der Waals surface area contributed by atoms with Crippen LogP contribution < -0.4 is 20.3 Å². The molecule has 1 aliphatic carbocycles. The van der Waals surface area contributed by atoms with Gasteiger partial charge in [-0.15, -0.1) is 0 Å². The minimum absolute atomic E-state index is 0.158. The molecule has 0 spiro atoms. The summed E-state index contributed by atoms with van der Waals surface area (Å²) in [5.41, 5.74) is 10.8. The van der Waals surface area contributed by atoms with E-state index >= 15 is 0 Å². The fraction of sp³-hybridized carbons (Fsp3) is 0.714. The van der Waals surface area contributed by atoms with Crippen molar-refractivity contribution in [3.05, 3.63) is 0 Å². The van der Waals surface area contributed by atoms with Gasteiger partial charge in [-0.3, -0.25) is 13.1 Å². The molecule has 0 bridgehead atoms. The minimum atomic E-state index is -1.73. The Kier molecular flexibility index (Phi) is 9.12. The van der Waals surface area contributed by atoms with Crippen LogP contribution in [0.3, 0.4) is 0 Å². The second-order valence-corrected chi connectivity index (χ2v) is 6.85. The van der Waals surface area contributed by atoms with Crippen LogP contribution in [0.25, 0.3) is 0 Å². The molecule has 0 saturated heterocycles. The number of hydrogen-bond acceptors (Lipinski definition) is 8. The van der Waals surface area contributed by atoms with Crippen LogP contribution in [-0.4, -0.2) is 81.4 Å². The average molecular weight is 517 g/mol. The number of nitrogens with zero attached hydrogens (tertiary/aromatic N) is 1. The fourth-order valence-electron chi connectivity index (χ4n) is 3.35. The number of guanidine groups is 1. The fourth-order valence-corrected chi connectivity index (χ4v) is 3.48. The number of carboxylic acid groups (broad SMARTS) is 1. The summed E-state index contributed by atoms with van der Waals surface area (Å²) in [5.74, 6) is -4.66. The van der Waals surface area contributed by atoms with E-state index in [4.69, 9.17) is 21.3 Å². The molecule has 0 aromatic heterocycles. The van der Waals surface area contributed by atoms with Gasteiger partial charge < -0.3 is 41.9 Å². The first-order chi connectivity index (χ1) is 13.0. The number of hydrogen-bond donors (Lipinski definition) is 8. The van der Waals surface area contributed by atoms with Crippen LogP contribution in [0.2, 0.25) is 0 Å². The molecule has 2 amide bonds. The summed E-state index contributed by atoms with van der Waals surface area (Å²) in [6.07, 6.45) is -5.85. The SMILES string of the molecule is CC(=O)N[C@H]([C@@H](O)[C@@H](O)CO)[C@@H]1[C@H](OC(=O)NI)[C@@H](C(=O)O)C[C@H]1N=C(N)N. The number of aliphatic hydroxyl groups excluding tert-OH is 3. The van der Waals surface area contributed by atoms with Crippen molar-refractivity contribution in [2.45, 2.75) is 43.7 Å². The Labute approximate surface area is 174 Å². The molecule has 13 nitrogen and oxygen atoms in total. The van der Waals surface area contributed by atoms with Crippen LogP contribution in [0.5, 0.6) is 0 Å². The third kappa shape index (κ3) is 6.05. The van der Waals surface area contributed by atoms with Crippen molar-refractivity contribution in [3.8, 4) is 0 Å². The van der Waals surface area contributed by atoms with Gasteiger partial charge in [0, 0.05) is 12.8 Å². The number of ether oxygens (including phenoxy) is 1. The molecule has 1 aliphatic rings. The number of amides is 2. The van der Waals surface area contributed by atoms with Crippen LogP contribution in [0, 0.1) is 11.8 Å². The third-order valence-corrected chi connectivity index (χ3v) is 4.84. The molecule has 0 radical (unpaired) electrons. The zero-order valence-electron chi connectivity index (χ0n) is 14.9. The van der Waals surface area contributed by atoms with E-state index < -0.39 is 66.8 Å². The van der Waals surface area contributed by atoms with Crippen molar-refractivity contribution in [2.75, 3.05) is 6.61 Å². The van der Waals surface area contributed by atoms with Gasteiger partial charge in [-0.25, -0.2) is 9.79 Å². The number of aliphatic hydroxyl groups is 3. The van der Waals surface area contributed by atoms with E-state index in [0.717, 1.165) is 6.92 Å². The van der Waals surface area contributed by atoms with E-state index in [9.17, 15) is 29.7 Å². The molecule has 0 heterocycles. The van der Waals surface area contributed by atoms with Gasteiger partial charge in [-0.1, -0.05) is 0 Å². The Bertz CT molecular complexity index is 617. The lowest BCUT2D eigenvalue weighted by atomic mass is 9.85. The minimum Gasteiger partial charge on any atom is -0.481 e. The van der Waals surface area contributed by atoms with E-state index in [-0.39, 0.29) is 12.4 Å². The molecular formula is C14H24IN5O8. The number of aliphatic carboxylic acids is 1. The largest absolute Gasteiger partial charge is 0.481 e. The Morgan fingerprint density at radius 2 is 1.93 bits per heavy atom. The lowest BCUT2D eigenvalue weighted by Gasteiger charge is -2.36. The summed E-state index contributed by atoms with van der Waals surface area (Å²) < 4.78 is 7.35. The second kappa shape index (κ2) is 10.6. The van der Waals surface area contributed by atoms with Crippen molar-refractivity contribution in [1.82, 2.24) is 8.85 Å². The van der Waals surface area contributed by atoms with Crippen LogP contribution >= 0.6 is 22.9 Å². The molecule has 160 valence electrons. The van der Waals surface area contributed by atoms with Crippen molar-refractivity contribution < 1.29 is 39.5 Å². The number of carboxylic acids is 1. The average Bonchev–Trinajstić information content (AvgIpc) is 2.95. The zero-order valence-corrected chi connectivity index (χ0v) is 17.0. The van der Waals surface area contributed by atoms with Crippen LogP contribution in [-0.2, 0) is 14.3 Å². The summed E-state index contributed by atoms with van der Waals surface area (Å²) in [4.78, 5) is 39.1. The highest BCUT2D eigenvalue weighted by Gasteiger charge is 2.54. The van der Waals surface area contributed by atoms with Crippen molar-refractivity contribution in [1.29, 1.82) is 0 Å². The molecule has 0 aromatic rings. The van der Waals surface area contributed by atoms with E-state index in [1.54, 1.807) is 0 Å². The van der Waals surface area contributed by atoms with E-state index in [1.165, 1.54) is 22.9 Å². The predicted octanol–water partition coefficient (Wildman–Crippen LogP) is -2.99. The monoisotopic (exact) mass is 517 g/mol. The Morgan fingerprint density at radius 3 is 2.36 bits per heavy atom. The molecule has 7 atom stereocenters. The normalized spacial score (nSPS) is 27.2. The zero-order chi connectivity index (χ0) is 21.6. The molecule has 0 aliphatic heterocycles. The third-order valence-electron chi connectivity index (χ3n) is 4.40. The summed E-state index contributed by atoms with van der Waals surface area (Å²) in [6, 6.07) is -2.29. The number of rotatable bonds is 8. The molecule has 10 N–H and O–H groups in total. The highest BCUT2D eigenvalue weighted by Crippen LogP contribution is 2.40. The van der Waals surface area contributed by atoms with E-state index in [1.807, 2.05) is 0 Å². The maximum absolute atomic E-state index is 11.8. The Hall–Kier alpha value is -1.91. The van der Waals surface area contributed by atoms with Crippen molar-refractivity contribution in [3.63, 3.8) is 0 Å². The molecule has 14 heteroatoms. The molecule has 1 fully saturated rings. The van der Waals surface area contributed by atoms with Crippen LogP contribution in [0.15, 0.2) is 4.99 Å². The second-order valence-electron chi connectivity index (χ2n) is 6.31. The first-order valence-electron chi connectivity index (χ1n) is 8.16. The lowest BCUT2D eigenvalue weighted by molar-refractivity contribution is -0.145. The Morgan fingerprint density at radius 1 is 1.32 bits per heavy atom. The lowest BCUT2D eigenvalue weighted by Crippen LogP contribution is -2.57. The van der Waals surface area contributed by atoms with Gasteiger partial charge in [0.2, 0.25) is 5.91 Å². The smallest absolute Gasteiger partial charge is 0.416 e. The van der Waals surface area contributed by atoms with Gasteiger partial charge in [0.05, 0.1) is 47.5 Å². The number of carbonyl (C=O) groups excluding carboxylic acids is 2. The predicted molar refractivity (Wildman–Crippen MR) is 103 cm³/mol. The highest BCUT2D eigenvalue weighted by molar-refractivity contribution is 14.1. The van der Waals surface area contributed by atoms with Gasteiger partial charge >= 0.3 is 12.1 Å². The van der Waals surface area contributed by atoms with Crippen molar-refractivity contribution >= 4 is 46.8 Å². The van der Waals surface area contributed by atoms with Crippen molar-refractivity contribution in [2.24, 2.45) is 28.3 Å². The summed E-state index contributed by atoms with van der Waals surface area (Å²) in [5, 5.41) is 41.4. The molecule has 0 unspecified atom stereocenters. The quantitative estimate of drug-likeness (QED) is 0.0704. The standard InChI is InChI=1S/C14H24IN5O8/c1-4(22)18-9(10(24)7(23)3-21)8-6(19-13(16)17)2-5(12(25)26)11(8)28-14(27)20-15/h5-11,21,23-24H,2-3H2,1H3,(H,18,22)(H,20,27)(H,25,26)(H4,16,17,19)/t5-,6+,7-,8+,9-,10-,11+/m0/s1. The first kappa shape index (κ1) is 24.1. The van der Waals surface area contributed by atoms with Gasteiger partial charge in [-0.2, -0.15) is 0 Å². The summed E-state index contributed by atoms with van der Waals surface area (Å²) in [6.45, 7) is 0.302. The number of aliphatic imine (C=N–C) groups is 1. The molecule has 1 saturated carbocycles. The van der Waals surface area contributed by atoms with Gasteiger partial charge in [0.15, 0.2) is 5.96 Å². The molecule has 28 heavy (non-hydrogen) atoms. The van der Waals surface area contributed by atoms with Gasteiger partial charge in [-0.05, 0) is 6.42 Å². The Balaban J connectivity index is 3.46. The maximum atomic E-state index is 11.8. The summed E-state index contributed by atoms with van der Waals surface area (Å²) >= 11 is 1.49. The molecular weight excluding hydrogens is 493 g/mol. The first-order valence-corrected chi connectivity index (χ1v) is 9.24. The number of nitrogens with two attached hydrogens (primary N) is 2. The highest BCUT2D eigenvalue weighted by atomic mass is 127. The number of carbonyl (C=O) groups is 3. The van der Waals surface area contributed by atoms with Gasteiger partial charge in [0.25, 0.3) is 0 Å². The van der Waals surface area contributed by atoms with Crippen LogP contribution in [0.4, 0.5) is 4.79 Å². The molecule has 1 rings (SSSR count). The maximum Gasteiger partial charge on any atom is 0.416 e. The number of nitrogens with one attached hydrogen (secondary N) is 2. The van der Waals surface area contributed by atoms with Gasteiger partial charge in [0.1, 0.15) is 18.3 Å². The topological polar surface area (TPSA) is 230 Å². The number of halogens is 1. The van der Waals surface area contributed by atoms with E-state index in [0.29, 0.717) is 0 Å². The van der Waals surface area contributed by atoms with Crippen LogP contribution in [0.1, 0.15) is 13.3 Å².